The van der Waals surface area contributed by atoms with Gasteiger partial charge in [-0.15, -0.1) is 0 Å². The Morgan fingerprint density at radius 2 is 0.865 bits per heavy atom. The summed E-state index contributed by atoms with van der Waals surface area (Å²) in [6.45, 7) is 1.19. The molecule has 5 aromatic carbocycles. The van der Waals surface area contributed by atoms with E-state index in [2.05, 4.69) is 21.3 Å². The first-order valence-corrected chi connectivity index (χ1v) is 15.6. The SMILES string of the molecule is CNc1ccc(C(=O)Nc2cccc(NC(=O)c3ccc(NC(=O)c4ccc(C(=O)c5ccc(C(C)=O)c(C(=O)O)c5)cc4C(=O)O)cc3)c2)cc1. The fourth-order valence-corrected chi connectivity index (χ4v) is 5.17. The van der Waals surface area contributed by atoms with Crippen LogP contribution in [-0.2, 0) is 0 Å². The van der Waals surface area contributed by atoms with E-state index in [0.29, 0.717) is 16.9 Å². The highest BCUT2D eigenvalue weighted by Crippen LogP contribution is 2.22. The number of carboxylic acid groups (broad SMARTS) is 2. The van der Waals surface area contributed by atoms with E-state index in [1.165, 1.54) is 49.4 Å². The fourth-order valence-electron chi connectivity index (χ4n) is 5.17. The summed E-state index contributed by atoms with van der Waals surface area (Å²) in [4.78, 5) is 87.5. The number of hydrogen-bond acceptors (Lipinski definition) is 8. The van der Waals surface area contributed by atoms with Gasteiger partial charge in [0.25, 0.3) is 17.7 Å². The third-order valence-corrected chi connectivity index (χ3v) is 7.87. The zero-order valence-corrected chi connectivity index (χ0v) is 27.6. The van der Waals surface area contributed by atoms with Crippen LogP contribution in [0.2, 0.25) is 0 Å². The predicted molar refractivity (Wildman–Crippen MR) is 193 cm³/mol. The molecule has 0 heterocycles. The number of carbonyl (C=O) groups excluding carboxylic acids is 5. The van der Waals surface area contributed by atoms with Crippen molar-refractivity contribution in [2.75, 3.05) is 28.3 Å². The van der Waals surface area contributed by atoms with E-state index in [0.717, 1.165) is 23.9 Å². The molecule has 0 aliphatic heterocycles. The first kappa shape index (κ1) is 35.9. The van der Waals surface area contributed by atoms with Crippen molar-refractivity contribution < 1.29 is 43.8 Å². The Morgan fingerprint density at radius 1 is 0.442 bits per heavy atom. The third kappa shape index (κ3) is 8.23. The minimum absolute atomic E-state index is 0.0870. The van der Waals surface area contributed by atoms with E-state index in [4.69, 9.17) is 0 Å². The molecule has 6 N–H and O–H groups in total. The molecule has 0 saturated heterocycles. The summed E-state index contributed by atoms with van der Waals surface area (Å²) in [6, 6.07) is 26.2. The summed E-state index contributed by atoms with van der Waals surface area (Å²) < 4.78 is 0. The van der Waals surface area contributed by atoms with Crippen molar-refractivity contribution in [3.63, 3.8) is 0 Å². The second-order valence-corrected chi connectivity index (χ2v) is 11.4. The van der Waals surface area contributed by atoms with Crippen molar-refractivity contribution >= 4 is 64.0 Å². The van der Waals surface area contributed by atoms with Gasteiger partial charge in [-0.3, -0.25) is 24.0 Å². The molecule has 13 nitrogen and oxygen atoms in total. The number of carbonyl (C=O) groups is 7. The minimum Gasteiger partial charge on any atom is -0.478 e. The topological polar surface area (TPSA) is 208 Å². The van der Waals surface area contributed by atoms with E-state index < -0.39 is 40.9 Å². The number of ketones is 2. The second kappa shape index (κ2) is 15.4. The van der Waals surface area contributed by atoms with Crippen LogP contribution in [0.3, 0.4) is 0 Å². The number of amides is 3. The largest absolute Gasteiger partial charge is 0.478 e. The van der Waals surface area contributed by atoms with E-state index in [1.54, 1.807) is 55.6 Å². The third-order valence-electron chi connectivity index (χ3n) is 7.87. The van der Waals surface area contributed by atoms with Crippen LogP contribution >= 0.6 is 0 Å². The number of Topliss-reactive ketones (excluding diaryl/α,β-unsaturated/α-hetero) is 1. The lowest BCUT2D eigenvalue weighted by Gasteiger charge is -2.11. The van der Waals surface area contributed by atoms with Gasteiger partial charge in [0.1, 0.15) is 0 Å². The number of hydrogen-bond donors (Lipinski definition) is 6. The van der Waals surface area contributed by atoms with Crippen molar-refractivity contribution in [2.45, 2.75) is 6.92 Å². The highest BCUT2D eigenvalue weighted by atomic mass is 16.4. The average molecular weight is 699 g/mol. The van der Waals surface area contributed by atoms with Crippen molar-refractivity contribution in [1.29, 1.82) is 0 Å². The number of benzene rings is 5. The predicted octanol–water partition coefficient (Wildman–Crippen LogP) is 6.32. The highest BCUT2D eigenvalue weighted by molar-refractivity contribution is 6.15. The van der Waals surface area contributed by atoms with E-state index >= 15 is 0 Å². The normalized spacial score (nSPS) is 10.4. The van der Waals surface area contributed by atoms with E-state index in [9.17, 15) is 43.8 Å². The summed E-state index contributed by atoms with van der Waals surface area (Å²) in [6.07, 6.45) is 0. The maximum atomic E-state index is 13.2. The van der Waals surface area contributed by atoms with Gasteiger partial charge in [-0.1, -0.05) is 18.2 Å². The molecular formula is C39H30N4O9. The van der Waals surface area contributed by atoms with Gasteiger partial charge >= 0.3 is 11.9 Å². The number of anilines is 4. The summed E-state index contributed by atoms with van der Waals surface area (Å²) in [5.74, 6) is -5.71. The number of nitrogens with one attached hydrogen (secondary N) is 4. The summed E-state index contributed by atoms with van der Waals surface area (Å²) in [5.41, 5.74) is 1.28. The Kier molecular flexibility index (Phi) is 10.6. The van der Waals surface area contributed by atoms with Gasteiger partial charge in [0.15, 0.2) is 11.6 Å². The van der Waals surface area contributed by atoms with Gasteiger partial charge in [0.2, 0.25) is 0 Å². The molecule has 0 bridgehead atoms. The lowest BCUT2D eigenvalue weighted by atomic mass is 9.94. The molecule has 0 aliphatic carbocycles. The number of aromatic carboxylic acids is 2. The van der Waals surface area contributed by atoms with Crippen LogP contribution < -0.4 is 21.3 Å². The Hall–Kier alpha value is -7.41. The maximum Gasteiger partial charge on any atom is 0.336 e. The molecule has 0 aromatic heterocycles. The molecule has 0 atom stereocenters. The van der Waals surface area contributed by atoms with Crippen LogP contribution in [0.5, 0.6) is 0 Å². The van der Waals surface area contributed by atoms with Gasteiger partial charge < -0.3 is 31.5 Å². The van der Waals surface area contributed by atoms with Crippen LogP contribution in [0.1, 0.15) is 85.0 Å². The quantitative estimate of drug-likeness (QED) is 0.0800. The maximum absolute atomic E-state index is 13.2. The standard InChI is InChI=1S/C39H30N4O9/c1-21(44)30-16-10-24(18-32(30)38(49)50)34(45)25-11-17-31(33(19-25)39(51)52)37(48)41-27-14-8-23(9-15-27)36(47)43-29-5-3-4-28(20-29)42-35(46)22-6-12-26(40-2)13-7-22/h3-20,40H,1-2H3,(H,41,48)(H,42,46)(H,43,47)(H,49,50)(H,51,52). The lowest BCUT2D eigenvalue weighted by Crippen LogP contribution is -2.18. The average Bonchev–Trinajstić information content (AvgIpc) is 3.14. The van der Waals surface area contributed by atoms with Crippen LogP contribution in [0, 0.1) is 0 Å². The molecule has 5 aromatic rings. The molecule has 260 valence electrons. The van der Waals surface area contributed by atoms with Crippen LogP contribution in [-0.4, -0.2) is 58.5 Å². The van der Waals surface area contributed by atoms with Gasteiger partial charge in [-0.05, 0) is 97.9 Å². The molecule has 52 heavy (non-hydrogen) atoms. The highest BCUT2D eigenvalue weighted by Gasteiger charge is 2.22. The lowest BCUT2D eigenvalue weighted by molar-refractivity contribution is 0.0683. The minimum atomic E-state index is -1.49. The molecule has 0 aliphatic rings. The molecule has 0 spiro atoms. The molecule has 0 fully saturated rings. The van der Waals surface area contributed by atoms with Gasteiger partial charge in [0, 0.05) is 57.6 Å². The van der Waals surface area contributed by atoms with Crippen molar-refractivity contribution in [3.05, 3.63) is 154 Å². The smallest absolute Gasteiger partial charge is 0.336 e. The Labute approximate surface area is 296 Å². The summed E-state index contributed by atoms with van der Waals surface area (Å²) in [7, 11) is 1.78. The molecule has 0 saturated carbocycles. The van der Waals surface area contributed by atoms with Crippen LogP contribution in [0.25, 0.3) is 0 Å². The van der Waals surface area contributed by atoms with E-state index in [-0.39, 0.29) is 45.0 Å². The Bertz CT molecular complexity index is 2260. The van der Waals surface area contributed by atoms with Crippen molar-refractivity contribution in [3.8, 4) is 0 Å². The van der Waals surface area contributed by atoms with Crippen LogP contribution in [0.4, 0.5) is 22.7 Å². The number of carboxylic acids is 2. The number of rotatable bonds is 12. The molecular weight excluding hydrogens is 668 g/mol. The molecule has 0 radical (unpaired) electrons. The van der Waals surface area contributed by atoms with Crippen LogP contribution in [0.15, 0.2) is 109 Å². The molecule has 3 amide bonds. The Balaban J connectivity index is 1.25. The monoisotopic (exact) mass is 698 g/mol. The first-order chi connectivity index (χ1) is 24.8. The van der Waals surface area contributed by atoms with Crippen molar-refractivity contribution in [2.24, 2.45) is 0 Å². The molecule has 13 heteroatoms. The van der Waals surface area contributed by atoms with Crippen molar-refractivity contribution in [1.82, 2.24) is 0 Å². The molecule has 0 unspecified atom stereocenters. The summed E-state index contributed by atoms with van der Waals surface area (Å²) >= 11 is 0. The van der Waals surface area contributed by atoms with Gasteiger partial charge in [-0.2, -0.15) is 0 Å². The van der Waals surface area contributed by atoms with E-state index in [1.807, 2.05) is 0 Å². The zero-order chi connectivity index (χ0) is 37.5. The second-order valence-electron chi connectivity index (χ2n) is 11.4. The van der Waals surface area contributed by atoms with Gasteiger partial charge in [-0.25, -0.2) is 9.59 Å². The molecule has 5 rings (SSSR count). The Morgan fingerprint density at radius 3 is 1.33 bits per heavy atom. The zero-order valence-electron chi connectivity index (χ0n) is 27.6. The summed E-state index contributed by atoms with van der Waals surface area (Å²) in [5, 5.41) is 30.4. The first-order valence-electron chi connectivity index (χ1n) is 15.6. The van der Waals surface area contributed by atoms with Gasteiger partial charge in [0.05, 0.1) is 16.7 Å². The fraction of sp³-hybridized carbons (Fsp3) is 0.0513.